The van der Waals surface area contributed by atoms with Crippen LogP contribution in [0.5, 0.6) is 0 Å². The molecule has 0 saturated carbocycles. The average Bonchev–Trinajstić information content (AvgIpc) is 3.10. The number of aromatic nitrogens is 2. The van der Waals surface area contributed by atoms with Gasteiger partial charge in [0.1, 0.15) is 6.04 Å². The molecule has 1 fully saturated rings. The van der Waals surface area contributed by atoms with Crippen LogP contribution in [0.3, 0.4) is 0 Å². The Morgan fingerprint density at radius 3 is 2.63 bits per heavy atom. The van der Waals surface area contributed by atoms with Crippen LogP contribution in [0.15, 0.2) is 41.7 Å². The lowest BCUT2D eigenvalue weighted by Crippen LogP contribution is -2.45. The molecule has 2 heterocycles. The summed E-state index contributed by atoms with van der Waals surface area (Å²) in [5.74, 6) is -0.0698. The minimum Gasteiger partial charge on any atom is -0.468 e. The van der Waals surface area contributed by atoms with Crippen molar-refractivity contribution in [1.82, 2.24) is 14.5 Å². The molecule has 1 saturated heterocycles. The molecule has 2 aromatic rings. The Kier molecular flexibility index (Phi) is 7.31. The summed E-state index contributed by atoms with van der Waals surface area (Å²) in [5.41, 5.74) is 1.55. The van der Waals surface area contributed by atoms with Crippen molar-refractivity contribution >= 4 is 15.8 Å². The van der Waals surface area contributed by atoms with Crippen LogP contribution < -0.4 is 0 Å². The van der Waals surface area contributed by atoms with Crippen molar-refractivity contribution in [3.8, 4) is 0 Å². The number of ether oxygens (including phenoxy) is 1. The quantitative estimate of drug-likeness (QED) is 0.595. The summed E-state index contributed by atoms with van der Waals surface area (Å²) >= 11 is 0. The largest absolute Gasteiger partial charge is 0.468 e. The number of benzene rings is 1. The van der Waals surface area contributed by atoms with E-state index in [9.17, 15) is 13.2 Å². The molecule has 1 aliphatic rings. The summed E-state index contributed by atoms with van der Waals surface area (Å²) in [7, 11) is -2.19. The van der Waals surface area contributed by atoms with Crippen molar-refractivity contribution in [1.29, 1.82) is 0 Å². The molecule has 3 rings (SSSR count). The fraction of sp³-hybridized carbons (Fsp3) is 0.545. The van der Waals surface area contributed by atoms with Crippen LogP contribution in [-0.4, -0.2) is 48.5 Å². The average molecular weight is 434 g/mol. The van der Waals surface area contributed by atoms with Gasteiger partial charge in [-0.05, 0) is 30.9 Å². The maximum absolute atomic E-state index is 13.2. The van der Waals surface area contributed by atoms with Gasteiger partial charge in [-0.25, -0.2) is 13.4 Å². The van der Waals surface area contributed by atoms with E-state index in [1.165, 1.54) is 7.11 Å². The minimum atomic E-state index is -3.60. The van der Waals surface area contributed by atoms with Crippen molar-refractivity contribution in [3.05, 3.63) is 47.8 Å². The van der Waals surface area contributed by atoms with Crippen LogP contribution in [-0.2, 0) is 38.2 Å². The zero-order valence-electron chi connectivity index (χ0n) is 18.0. The highest BCUT2D eigenvalue weighted by Gasteiger charge is 2.31. The Hall–Kier alpha value is -2.19. The van der Waals surface area contributed by atoms with Crippen LogP contribution in [0.2, 0.25) is 0 Å². The first-order valence-electron chi connectivity index (χ1n) is 10.4. The Morgan fingerprint density at radius 2 is 1.97 bits per heavy atom. The fourth-order valence-corrected chi connectivity index (χ4v) is 5.48. The number of likely N-dealkylation sites (tertiary alicyclic amines) is 1. The van der Waals surface area contributed by atoms with Gasteiger partial charge in [0, 0.05) is 13.1 Å². The highest BCUT2D eigenvalue weighted by Crippen LogP contribution is 2.24. The zero-order chi connectivity index (χ0) is 21.7. The van der Waals surface area contributed by atoms with Crippen LogP contribution in [0, 0.1) is 5.92 Å². The molecule has 0 unspecified atom stereocenters. The zero-order valence-corrected chi connectivity index (χ0v) is 18.8. The van der Waals surface area contributed by atoms with E-state index in [-0.39, 0.29) is 28.8 Å². The fourth-order valence-electron chi connectivity index (χ4n) is 3.98. The molecule has 0 spiro atoms. The second-order valence-corrected chi connectivity index (χ2v) is 10.2. The van der Waals surface area contributed by atoms with Gasteiger partial charge in [-0.15, -0.1) is 0 Å². The smallest absolute Gasteiger partial charge is 0.323 e. The van der Waals surface area contributed by atoms with Gasteiger partial charge in [0.15, 0.2) is 0 Å². The van der Waals surface area contributed by atoms with Crippen LogP contribution in [0.4, 0.5) is 0 Å². The molecule has 1 atom stereocenters. The standard InChI is InChI=1S/C22H31N3O4S/c1-17(2)14-25-19(15-24-12-8-7-11-20(24)21(26)29-3)13-23-22(25)30(27,28)16-18-9-5-4-6-10-18/h4-6,9-10,13,17,20H,7-8,11-12,14-16H2,1-3H3/t20-/m1/s1. The van der Waals surface area contributed by atoms with Crippen molar-refractivity contribution in [2.45, 2.75) is 63.2 Å². The number of hydrogen-bond acceptors (Lipinski definition) is 6. The normalized spacial score (nSPS) is 17.9. The van der Waals surface area contributed by atoms with Crippen LogP contribution >= 0.6 is 0 Å². The van der Waals surface area contributed by atoms with E-state index in [1.54, 1.807) is 6.20 Å². The third-order valence-corrected chi connectivity index (χ3v) is 6.97. The second kappa shape index (κ2) is 9.75. The maximum atomic E-state index is 13.2. The van der Waals surface area contributed by atoms with Crippen molar-refractivity contribution < 1.29 is 17.9 Å². The van der Waals surface area contributed by atoms with E-state index < -0.39 is 9.84 Å². The number of carbonyl (C=O) groups excluding carboxylic acids is 1. The molecular weight excluding hydrogens is 402 g/mol. The summed E-state index contributed by atoms with van der Waals surface area (Å²) in [6, 6.07) is 8.85. The molecule has 164 valence electrons. The molecule has 7 nitrogen and oxygen atoms in total. The van der Waals surface area contributed by atoms with Gasteiger partial charge in [0.25, 0.3) is 0 Å². The molecule has 0 aliphatic carbocycles. The Bertz CT molecular complexity index is 954. The summed E-state index contributed by atoms with van der Waals surface area (Å²) in [4.78, 5) is 18.6. The molecular formula is C22H31N3O4S. The Morgan fingerprint density at radius 1 is 1.23 bits per heavy atom. The first-order valence-corrected chi connectivity index (χ1v) is 12.1. The van der Waals surface area contributed by atoms with Crippen molar-refractivity contribution in [2.75, 3.05) is 13.7 Å². The van der Waals surface area contributed by atoms with Gasteiger partial charge in [-0.3, -0.25) is 9.69 Å². The number of piperidine rings is 1. The van der Waals surface area contributed by atoms with Gasteiger partial charge >= 0.3 is 5.97 Å². The summed E-state index contributed by atoms with van der Waals surface area (Å²) in [6.45, 7) is 5.90. The van der Waals surface area contributed by atoms with E-state index in [0.717, 1.165) is 37.1 Å². The highest BCUT2D eigenvalue weighted by molar-refractivity contribution is 7.90. The van der Waals surface area contributed by atoms with Crippen molar-refractivity contribution in [2.24, 2.45) is 5.92 Å². The molecule has 1 aromatic heterocycles. The lowest BCUT2D eigenvalue weighted by Gasteiger charge is -2.33. The summed E-state index contributed by atoms with van der Waals surface area (Å²) in [5, 5.41) is 0.0988. The monoisotopic (exact) mass is 433 g/mol. The molecule has 0 amide bonds. The van der Waals surface area contributed by atoms with Crippen LogP contribution in [0.1, 0.15) is 44.4 Å². The number of imidazole rings is 1. The minimum absolute atomic E-state index is 0.0864. The molecule has 0 bridgehead atoms. The topological polar surface area (TPSA) is 81.5 Å². The lowest BCUT2D eigenvalue weighted by molar-refractivity contribution is -0.148. The van der Waals surface area contributed by atoms with E-state index in [2.05, 4.69) is 23.7 Å². The summed E-state index contributed by atoms with van der Waals surface area (Å²) in [6.07, 6.45) is 4.39. The maximum Gasteiger partial charge on any atom is 0.323 e. The van der Waals surface area contributed by atoms with E-state index in [4.69, 9.17) is 4.74 Å². The van der Waals surface area contributed by atoms with E-state index in [1.807, 2.05) is 34.9 Å². The van der Waals surface area contributed by atoms with Crippen LogP contribution in [0.25, 0.3) is 0 Å². The molecule has 1 aromatic carbocycles. The van der Waals surface area contributed by atoms with Gasteiger partial charge in [-0.2, -0.15) is 0 Å². The van der Waals surface area contributed by atoms with Crippen molar-refractivity contribution in [3.63, 3.8) is 0 Å². The first kappa shape index (κ1) is 22.5. The number of esters is 1. The molecule has 1 aliphatic heterocycles. The number of sulfone groups is 1. The molecule has 0 radical (unpaired) electrons. The van der Waals surface area contributed by atoms with Gasteiger partial charge in [-0.1, -0.05) is 50.6 Å². The number of carbonyl (C=O) groups is 1. The number of methoxy groups -OCH3 is 1. The predicted molar refractivity (Wildman–Crippen MR) is 114 cm³/mol. The van der Waals surface area contributed by atoms with Gasteiger partial charge < -0.3 is 9.30 Å². The van der Waals surface area contributed by atoms with E-state index >= 15 is 0 Å². The molecule has 8 heteroatoms. The van der Waals surface area contributed by atoms with Gasteiger partial charge in [0.05, 0.1) is 24.8 Å². The molecule has 0 N–H and O–H groups in total. The number of nitrogens with zero attached hydrogens (tertiary/aromatic N) is 3. The summed E-state index contributed by atoms with van der Waals surface area (Å²) < 4.78 is 33.1. The third-order valence-electron chi connectivity index (χ3n) is 5.38. The second-order valence-electron chi connectivity index (χ2n) is 8.29. The lowest BCUT2D eigenvalue weighted by atomic mass is 10.0. The number of rotatable bonds is 8. The first-order chi connectivity index (χ1) is 14.3. The highest BCUT2D eigenvalue weighted by atomic mass is 32.2. The predicted octanol–water partition coefficient (Wildman–Crippen LogP) is 3.04. The SMILES string of the molecule is COC(=O)[C@H]1CCCCN1Cc1cnc(S(=O)(=O)Cc2ccccc2)n1CC(C)C. The van der Waals surface area contributed by atoms with E-state index in [0.29, 0.717) is 13.1 Å². The Balaban J connectivity index is 1.90. The molecule has 30 heavy (non-hydrogen) atoms. The van der Waals surface area contributed by atoms with Gasteiger partial charge in [0.2, 0.25) is 15.0 Å². The number of hydrogen-bond donors (Lipinski definition) is 0. The Labute approximate surface area is 179 Å². The third kappa shape index (κ3) is 5.29.